The van der Waals surface area contributed by atoms with Crippen LogP contribution >= 0.6 is 11.6 Å². The summed E-state index contributed by atoms with van der Waals surface area (Å²) < 4.78 is 0. The number of anilines is 2. The van der Waals surface area contributed by atoms with E-state index in [1.807, 2.05) is 45.0 Å². The summed E-state index contributed by atoms with van der Waals surface area (Å²) in [5.74, 6) is 0.362. The van der Waals surface area contributed by atoms with Gasteiger partial charge < -0.3 is 16.4 Å². The quantitative estimate of drug-likeness (QED) is 0.429. The fourth-order valence-electron chi connectivity index (χ4n) is 3.01. The molecule has 0 fully saturated rings. The number of fused-ring (bicyclic) bond motifs is 1. The monoisotopic (exact) mass is 438 g/mol. The van der Waals surface area contributed by atoms with Gasteiger partial charge in [0.2, 0.25) is 0 Å². The molecule has 0 aliphatic carbocycles. The van der Waals surface area contributed by atoms with E-state index in [1.54, 1.807) is 12.3 Å². The lowest BCUT2D eigenvalue weighted by molar-refractivity contribution is 0.262. The summed E-state index contributed by atoms with van der Waals surface area (Å²) in [6.45, 7) is 5.86. The van der Waals surface area contributed by atoms with E-state index in [2.05, 4.69) is 30.8 Å². The number of urea groups is 1. The molecule has 3 heterocycles. The van der Waals surface area contributed by atoms with Gasteiger partial charge in [-0.2, -0.15) is 10.2 Å². The van der Waals surface area contributed by atoms with Crippen LogP contribution in [-0.4, -0.2) is 31.0 Å². The number of carbonyl (C=O) groups excluding carboxylic acids is 1. The van der Waals surface area contributed by atoms with Crippen molar-refractivity contribution >= 4 is 39.9 Å². The molecule has 0 aliphatic rings. The van der Waals surface area contributed by atoms with Crippen molar-refractivity contribution in [2.24, 2.45) is 5.73 Å². The van der Waals surface area contributed by atoms with Gasteiger partial charge >= 0.3 is 6.03 Å². The number of amides is 2. The standard InChI is InChI=1S/C19H17ClN8O.C2H6/c1-11(21)17-13-4-2-3-5-15(13)22-10-16(17)27-19(29)26-12-8-14(20)18(23-9-12)28-24-6-7-25-28;1-2/h2-11H,21H2,1H3,(H2,26,27,29);1-2H3. The molecule has 1 aromatic carbocycles. The summed E-state index contributed by atoms with van der Waals surface area (Å²) in [5.41, 5.74) is 8.72. The Kier molecular flexibility index (Phi) is 7.11. The summed E-state index contributed by atoms with van der Waals surface area (Å²) in [4.78, 5) is 22.4. The molecule has 31 heavy (non-hydrogen) atoms. The molecule has 4 N–H and O–H groups in total. The highest BCUT2D eigenvalue weighted by Gasteiger charge is 2.15. The number of nitrogens with zero attached hydrogens (tertiary/aromatic N) is 5. The zero-order chi connectivity index (χ0) is 22.4. The fraction of sp³-hybridized carbons (Fsp3) is 0.190. The van der Waals surface area contributed by atoms with E-state index in [0.717, 1.165) is 16.5 Å². The number of benzene rings is 1. The van der Waals surface area contributed by atoms with Gasteiger partial charge in [-0.15, -0.1) is 4.80 Å². The van der Waals surface area contributed by atoms with Crippen LogP contribution in [0.4, 0.5) is 16.2 Å². The number of rotatable bonds is 4. The molecule has 4 aromatic rings. The first kappa shape index (κ1) is 22.1. The lowest BCUT2D eigenvalue weighted by Gasteiger charge is -2.16. The number of halogens is 1. The molecule has 4 rings (SSSR count). The summed E-state index contributed by atoms with van der Waals surface area (Å²) in [5, 5.41) is 14.7. The molecular weight excluding hydrogens is 416 g/mol. The van der Waals surface area contributed by atoms with Crippen molar-refractivity contribution in [2.45, 2.75) is 26.8 Å². The predicted molar refractivity (Wildman–Crippen MR) is 122 cm³/mol. The molecule has 160 valence electrons. The second-order valence-corrected chi connectivity index (χ2v) is 6.73. The summed E-state index contributed by atoms with van der Waals surface area (Å²) in [7, 11) is 0. The highest BCUT2D eigenvalue weighted by atomic mass is 35.5. The Labute approximate surface area is 184 Å². The van der Waals surface area contributed by atoms with Gasteiger partial charge in [0.15, 0.2) is 5.82 Å². The predicted octanol–water partition coefficient (Wildman–Crippen LogP) is 4.55. The second-order valence-electron chi connectivity index (χ2n) is 6.32. The van der Waals surface area contributed by atoms with Crippen LogP contribution in [0.5, 0.6) is 0 Å². The third-order valence-corrected chi connectivity index (χ3v) is 4.49. The number of para-hydroxylation sites is 1. The topological polar surface area (TPSA) is 124 Å². The van der Waals surface area contributed by atoms with Crippen LogP contribution in [0.15, 0.2) is 55.1 Å². The first-order valence-electron chi connectivity index (χ1n) is 9.76. The van der Waals surface area contributed by atoms with Gasteiger partial charge in [-0.3, -0.25) is 4.98 Å². The van der Waals surface area contributed by atoms with E-state index in [-0.39, 0.29) is 6.04 Å². The Balaban J connectivity index is 0.00000132. The maximum absolute atomic E-state index is 12.5. The maximum Gasteiger partial charge on any atom is 0.323 e. The minimum atomic E-state index is -0.466. The Hall–Kier alpha value is -3.56. The molecule has 3 aromatic heterocycles. The number of aromatic nitrogens is 5. The van der Waals surface area contributed by atoms with E-state index in [9.17, 15) is 4.79 Å². The number of pyridine rings is 2. The minimum absolute atomic E-state index is 0.294. The molecule has 0 aliphatic heterocycles. The highest BCUT2D eigenvalue weighted by Crippen LogP contribution is 2.29. The van der Waals surface area contributed by atoms with Crippen LogP contribution in [0, 0.1) is 0 Å². The first-order chi connectivity index (χ1) is 15.0. The van der Waals surface area contributed by atoms with Crippen molar-refractivity contribution in [2.75, 3.05) is 10.6 Å². The van der Waals surface area contributed by atoms with E-state index in [0.29, 0.717) is 22.2 Å². The van der Waals surface area contributed by atoms with Crippen molar-refractivity contribution in [1.82, 2.24) is 25.0 Å². The van der Waals surface area contributed by atoms with Gasteiger partial charge in [0.25, 0.3) is 0 Å². The lowest BCUT2D eigenvalue weighted by atomic mass is 10.0. The Morgan fingerprint density at radius 2 is 1.81 bits per heavy atom. The van der Waals surface area contributed by atoms with Crippen molar-refractivity contribution in [3.05, 3.63) is 65.7 Å². The molecule has 0 radical (unpaired) electrons. The molecule has 2 amide bonds. The summed E-state index contributed by atoms with van der Waals surface area (Å²) >= 11 is 6.24. The number of hydrogen-bond acceptors (Lipinski definition) is 6. The maximum atomic E-state index is 12.5. The van der Waals surface area contributed by atoms with E-state index in [4.69, 9.17) is 17.3 Å². The van der Waals surface area contributed by atoms with Crippen LogP contribution in [-0.2, 0) is 0 Å². The Bertz CT molecular complexity index is 1180. The molecule has 9 nitrogen and oxygen atoms in total. The normalized spacial score (nSPS) is 11.4. The third kappa shape index (κ3) is 4.96. The van der Waals surface area contributed by atoms with Gasteiger partial charge in [0.1, 0.15) is 0 Å². The number of hydrogen-bond donors (Lipinski definition) is 3. The van der Waals surface area contributed by atoms with Gasteiger partial charge in [-0.1, -0.05) is 43.6 Å². The Morgan fingerprint density at radius 1 is 1.10 bits per heavy atom. The van der Waals surface area contributed by atoms with E-state index < -0.39 is 6.03 Å². The fourth-order valence-corrected chi connectivity index (χ4v) is 3.25. The van der Waals surface area contributed by atoms with E-state index >= 15 is 0 Å². The average Bonchev–Trinajstić information content (AvgIpc) is 3.29. The average molecular weight is 439 g/mol. The molecule has 0 saturated heterocycles. The third-order valence-electron chi connectivity index (χ3n) is 4.21. The van der Waals surface area contributed by atoms with Crippen LogP contribution in [0.25, 0.3) is 16.7 Å². The number of nitrogens with two attached hydrogens (primary N) is 1. The first-order valence-corrected chi connectivity index (χ1v) is 10.1. The molecule has 1 atom stereocenters. The second kappa shape index (κ2) is 9.96. The highest BCUT2D eigenvalue weighted by molar-refractivity contribution is 6.32. The SMILES string of the molecule is CC.CC(N)c1c(NC(=O)Nc2cnc(-n3nccn3)c(Cl)c2)cnc2ccccc12. The molecule has 10 heteroatoms. The van der Waals surface area contributed by atoms with Crippen molar-refractivity contribution in [1.29, 1.82) is 0 Å². The van der Waals surface area contributed by atoms with Crippen LogP contribution < -0.4 is 16.4 Å². The van der Waals surface area contributed by atoms with Crippen LogP contribution in [0.1, 0.15) is 32.4 Å². The lowest BCUT2D eigenvalue weighted by Crippen LogP contribution is -2.22. The van der Waals surface area contributed by atoms with E-state index in [1.165, 1.54) is 23.4 Å². The van der Waals surface area contributed by atoms with Gasteiger partial charge in [-0.05, 0) is 19.1 Å². The summed E-state index contributed by atoms with van der Waals surface area (Å²) in [6, 6.07) is 8.44. The molecule has 0 saturated carbocycles. The minimum Gasteiger partial charge on any atom is -0.324 e. The van der Waals surface area contributed by atoms with Crippen molar-refractivity contribution in [3.8, 4) is 5.82 Å². The van der Waals surface area contributed by atoms with Gasteiger partial charge in [0, 0.05) is 17.0 Å². The van der Waals surface area contributed by atoms with Crippen molar-refractivity contribution < 1.29 is 4.79 Å². The number of carbonyl (C=O) groups is 1. The Morgan fingerprint density at radius 3 is 2.48 bits per heavy atom. The summed E-state index contributed by atoms with van der Waals surface area (Å²) in [6.07, 6.45) is 6.10. The van der Waals surface area contributed by atoms with Crippen molar-refractivity contribution in [3.63, 3.8) is 0 Å². The molecule has 0 spiro atoms. The molecule has 0 bridgehead atoms. The molecular formula is C21H23ClN8O. The smallest absolute Gasteiger partial charge is 0.323 e. The van der Waals surface area contributed by atoms with Crippen LogP contribution in [0.2, 0.25) is 5.02 Å². The largest absolute Gasteiger partial charge is 0.324 e. The zero-order valence-corrected chi connectivity index (χ0v) is 18.1. The van der Waals surface area contributed by atoms with Gasteiger partial charge in [-0.25, -0.2) is 9.78 Å². The molecule has 1 unspecified atom stereocenters. The van der Waals surface area contributed by atoms with Gasteiger partial charge in [0.05, 0.1) is 46.7 Å². The van der Waals surface area contributed by atoms with Crippen LogP contribution in [0.3, 0.4) is 0 Å². The number of nitrogens with one attached hydrogen (secondary N) is 2. The zero-order valence-electron chi connectivity index (χ0n) is 17.4.